The van der Waals surface area contributed by atoms with Crippen LogP contribution in [0.3, 0.4) is 0 Å². The number of hydrogen-bond acceptors (Lipinski definition) is 12. The Hall–Kier alpha value is -1.93. The standard InChI is InChI=1S/C45H81O13P/c1-3-5-7-9-11-13-15-17-19-21-23-25-27-29-31-33-38(46)55-35-37(36-56-59(53,54)58-45-43(51)41(49)40(48)42(50)44(45)52)57-39(47)34-32-30-28-26-24-22-20-18-16-14-12-10-8-6-4-2/h12-15,18,20,37,40-45,48-52H,3-11,16-17,19,21-36H2,1-2H3,(H,53,54)/b14-12-,15-13-,20-18-/t37-,40?,41-,42?,43?,44?,45?/m1/s1. The number of phosphoric ester groups is 1. The molecule has 0 aliphatic heterocycles. The second-order valence-corrected chi connectivity index (χ2v) is 17.3. The highest BCUT2D eigenvalue weighted by molar-refractivity contribution is 7.47. The molecule has 0 amide bonds. The van der Waals surface area contributed by atoms with Crippen LogP contribution in [-0.4, -0.2) is 98.3 Å². The molecule has 1 aliphatic rings. The minimum atomic E-state index is -5.12. The second kappa shape index (κ2) is 35.6. The Kier molecular flexibility index (Phi) is 33.3. The fraction of sp³-hybridized carbons (Fsp3) is 0.822. The Morgan fingerprint density at radius 3 is 1.42 bits per heavy atom. The number of aliphatic hydroxyl groups excluding tert-OH is 5. The zero-order valence-corrected chi connectivity index (χ0v) is 37.2. The maximum atomic E-state index is 12.8. The summed E-state index contributed by atoms with van der Waals surface area (Å²) in [4.78, 5) is 35.7. The summed E-state index contributed by atoms with van der Waals surface area (Å²) in [5.74, 6) is -1.12. The lowest BCUT2D eigenvalue weighted by Crippen LogP contribution is -2.64. The summed E-state index contributed by atoms with van der Waals surface area (Å²) < 4.78 is 33.5. The van der Waals surface area contributed by atoms with E-state index < -0.39 is 75.7 Å². The quantitative estimate of drug-likeness (QED) is 0.0150. The summed E-state index contributed by atoms with van der Waals surface area (Å²) in [6.07, 6.45) is 26.2. The SMILES string of the molecule is CCCCC/C=C\C/C=C\CCCCCCCC(=O)O[C@H](COC(=O)CCCCCCCCC/C=C\CCCCCC)COP(=O)(O)OC1C(O)C(O)C(O)[C@@H](O)C1O. The predicted octanol–water partition coefficient (Wildman–Crippen LogP) is 8.61. The molecule has 1 rings (SSSR count). The zero-order valence-electron chi connectivity index (χ0n) is 36.3. The lowest BCUT2D eigenvalue weighted by Gasteiger charge is -2.41. The zero-order chi connectivity index (χ0) is 43.6. The van der Waals surface area contributed by atoms with E-state index in [-0.39, 0.29) is 12.8 Å². The number of allylic oxidation sites excluding steroid dienone is 6. The summed E-state index contributed by atoms with van der Waals surface area (Å²) in [7, 11) is -5.12. The van der Waals surface area contributed by atoms with Gasteiger partial charge in [0.1, 0.15) is 43.2 Å². The number of unbranched alkanes of at least 4 members (excludes halogenated alkanes) is 19. The third-order valence-electron chi connectivity index (χ3n) is 10.5. The van der Waals surface area contributed by atoms with Gasteiger partial charge in [-0.15, -0.1) is 0 Å². The van der Waals surface area contributed by atoms with Gasteiger partial charge in [0.15, 0.2) is 6.10 Å². The Balaban J connectivity index is 2.48. The summed E-state index contributed by atoms with van der Waals surface area (Å²) in [5.41, 5.74) is 0. The van der Waals surface area contributed by atoms with Crippen LogP contribution in [0.4, 0.5) is 0 Å². The molecule has 0 aromatic rings. The Morgan fingerprint density at radius 2 is 0.915 bits per heavy atom. The number of carbonyl (C=O) groups excluding carboxylic acids is 2. The van der Waals surface area contributed by atoms with Gasteiger partial charge in [-0.1, -0.05) is 134 Å². The van der Waals surface area contributed by atoms with E-state index in [0.29, 0.717) is 12.8 Å². The molecule has 1 aliphatic carbocycles. The van der Waals surface area contributed by atoms with Crippen LogP contribution >= 0.6 is 7.82 Å². The average molecular weight is 861 g/mol. The molecular weight excluding hydrogens is 779 g/mol. The van der Waals surface area contributed by atoms with Gasteiger partial charge >= 0.3 is 19.8 Å². The van der Waals surface area contributed by atoms with Crippen molar-refractivity contribution in [1.29, 1.82) is 0 Å². The lowest BCUT2D eigenvalue weighted by molar-refractivity contribution is -0.220. The van der Waals surface area contributed by atoms with Crippen LogP contribution in [-0.2, 0) is 32.7 Å². The molecule has 0 saturated heterocycles. The second-order valence-electron chi connectivity index (χ2n) is 15.9. The van der Waals surface area contributed by atoms with Crippen molar-refractivity contribution in [1.82, 2.24) is 0 Å². The van der Waals surface area contributed by atoms with Crippen LogP contribution in [0.2, 0.25) is 0 Å². The molecule has 14 heteroatoms. The van der Waals surface area contributed by atoms with Crippen molar-refractivity contribution in [3.63, 3.8) is 0 Å². The monoisotopic (exact) mass is 861 g/mol. The van der Waals surface area contributed by atoms with Gasteiger partial charge in [-0.05, 0) is 70.6 Å². The number of ether oxygens (including phenoxy) is 2. The Labute approximate surface area is 355 Å². The van der Waals surface area contributed by atoms with Crippen LogP contribution < -0.4 is 0 Å². The highest BCUT2D eigenvalue weighted by Gasteiger charge is 2.51. The molecule has 59 heavy (non-hydrogen) atoms. The van der Waals surface area contributed by atoms with Crippen LogP contribution in [0.25, 0.3) is 0 Å². The average Bonchev–Trinajstić information content (AvgIpc) is 3.21. The van der Waals surface area contributed by atoms with Gasteiger partial charge in [0, 0.05) is 12.8 Å². The van der Waals surface area contributed by atoms with E-state index in [2.05, 4.69) is 50.3 Å². The highest BCUT2D eigenvalue weighted by Crippen LogP contribution is 2.47. The summed E-state index contributed by atoms with van der Waals surface area (Å²) in [6.45, 7) is 3.24. The largest absolute Gasteiger partial charge is 0.472 e. The molecule has 1 fully saturated rings. The molecule has 0 bridgehead atoms. The molecule has 1 saturated carbocycles. The van der Waals surface area contributed by atoms with E-state index in [1.165, 1.54) is 64.2 Å². The van der Waals surface area contributed by atoms with Gasteiger partial charge in [-0.2, -0.15) is 0 Å². The van der Waals surface area contributed by atoms with Crippen molar-refractivity contribution >= 4 is 19.8 Å². The van der Waals surface area contributed by atoms with Crippen molar-refractivity contribution < 1.29 is 63.1 Å². The van der Waals surface area contributed by atoms with Crippen molar-refractivity contribution in [3.05, 3.63) is 36.5 Å². The van der Waals surface area contributed by atoms with E-state index >= 15 is 0 Å². The normalized spacial score (nSPS) is 22.6. The van der Waals surface area contributed by atoms with Gasteiger partial charge in [0.05, 0.1) is 6.61 Å². The Morgan fingerprint density at radius 1 is 0.525 bits per heavy atom. The number of rotatable bonds is 37. The van der Waals surface area contributed by atoms with Crippen LogP contribution in [0.1, 0.15) is 181 Å². The first kappa shape index (κ1) is 55.1. The van der Waals surface area contributed by atoms with E-state index in [0.717, 1.165) is 77.0 Å². The molecule has 13 nitrogen and oxygen atoms in total. The predicted molar refractivity (Wildman–Crippen MR) is 230 cm³/mol. The highest BCUT2D eigenvalue weighted by atomic mass is 31.2. The molecule has 6 N–H and O–H groups in total. The number of carbonyl (C=O) groups is 2. The molecular formula is C45H81O13P. The maximum absolute atomic E-state index is 12.8. The first-order valence-corrected chi connectivity index (χ1v) is 24.3. The molecule has 0 aromatic carbocycles. The van der Waals surface area contributed by atoms with Gasteiger partial charge in [-0.25, -0.2) is 4.57 Å². The van der Waals surface area contributed by atoms with Crippen molar-refractivity contribution in [2.45, 2.75) is 224 Å². The molecule has 0 spiro atoms. The summed E-state index contributed by atoms with van der Waals surface area (Å²) >= 11 is 0. The molecule has 8 atom stereocenters. The van der Waals surface area contributed by atoms with Crippen molar-refractivity contribution in [2.24, 2.45) is 0 Å². The third kappa shape index (κ3) is 28.3. The van der Waals surface area contributed by atoms with Crippen LogP contribution in [0, 0.1) is 0 Å². The molecule has 6 unspecified atom stereocenters. The number of aliphatic hydroxyl groups is 5. The minimum absolute atomic E-state index is 0.0800. The fourth-order valence-electron chi connectivity index (χ4n) is 6.72. The molecule has 0 radical (unpaired) electrons. The minimum Gasteiger partial charge on any atom is -0.462 e. The van der Waals surface area contributed by atoms with E-state index in [1.54, 1.807) is 0 Å². The topological polar surface area (TPSA) is 210 Å². The van der Waals surface area contributed by atoms with E-state index in [9.17, 15) is 44.6 Å². The van der Waals surface area contributed by atoms with Crippen molar-refractivity contribution in [2.75, 3.05) is 13.2 Å². The molecule has 0 aromatic heterocycles. The molecule has 0 heterocycles. The molecule has 344 valence electrons. The fourth-order valence-corrected chi connectivity index (χ4v) is 7.70. The Bertz CT molecular complexity index is 1180. The smallest absolute Gasteiger partial charge is 0.462 e. The summed E-state index contributed by atoms with van der Waals surface area (Å²) in [5, 5.41) is 50.1. The van der Waals surface area contributed by atoms with E-state index in [4.69, 9.17) is 18.5 Å². The third-order valence-corrected chi connectivity index (χ3v) is 11.4. The van der Waals surface area contributed by atoms with Gasteiger partial charge in [0.25, 0.3) is 0 Å². The first-order chi connectivity index (χ1) is 28.4. The van der Waals surface area contributed by atoms with Crippen LogP contribution in [0.15, 0.2) is 36.5 Å². The lowest BCUT2D eigenvalue weighted by atomic mass is 9.85. The van der Waals surface area contributed by atoms with Gasteiger partial charge in [0.2, 0.25) is 0 Å². The first-order valence-electron chi connectivity index (χ1n) is 22.8. The number of hydrogen-bond donors (Lipinski definition) is 6. The number of esters is 2. The van der Waals surface area contributed by atoms with Crippen molar-refractivity contribution in [3.8, 4) is 0 Å². The van der Waals surface area contributed by atoms with Gasteiger partial charge < -0.3 is 39.9 Å². The van der Waals surface area contributed by atoms with E-state index in [1.807, 2.05) is 0 Å². The summed E-state index contributed by atoms with van der Waals surface area (Å²) in [6, 6.07) is 0. The maximum Gasteiger partial charge on any atom is 0.472 e. The van der Waals surface area contributed by atoms with Crippen LogP contribution in [0.5, 0.6) is 0 Å². The number of phosphoric acid groups is 1. The van der Waals surface area contributed by atoms with Gasteiger partial charge in [-0.3, -0.25) is 18.6 Å².